The molecule has 0 radical (unpaired) electrons. The summed E-state index contributed by atoms with van der Waals surface area (Å²) in [6.45, 7) is 1.60. The Morgan fingerprint density at radius 1 is 0.897 bits per heavy atom. The van der Waals surface area contributed by atoms with Gasteiger partial charge in [0.25, 0.3) is 0 Å². The lowest BCUT2D eigenvalue weighted by atomic mass is 9.71. The van der Waals surface area contributed by atoms with Gasteiger partial charge in [0, 0.05) is 31.7 Å². The van der Waals surface area contributed by atoms with E-state index in [1.165, 1.54) is 6.92 Å². The fraction of sp³-hybridized carbons (Fsp3) is 0.778. The number of aliphatic carboxylic acids is 3. The van der Waals surface area contributed by atoms with Crippen LogP contribution in [0.3, 0.4) is 0 Å². The highest BCUT2D eigenvalue weighted by Crippen LogP contribution is 2.42. The predicted octanol–water partition coefficient (Wildman–Crippen LogP) is 0.125. The second kappa shape index (κ2) is 11.7. The van der Waals surface area contributed by atoms with E-state index < -0.39 is 73.3 Å². The lowest BCUT2D eigenvalue weighted by Crippen LogP contribution is -2.52. The SMILES string of the molecule is CC(=O)OC[C@H]1O[C@H](OCCN(C)C)[C@@H](CC(=O)O)[C@H](CC(=O)O)[C@@H]1CC(=O)O. The van der Waals surface area contributed by atoms with E-state index in [0.29, 0.717) is 6.54 Å². The number of nitrogens with zero attached hydrogens (tertiary/aromatic N) is 1. The van der Waals surface area contributed by atoms with Crippen molar-refractivity contribution in [2.45, 2.75) is 38.6 Å². The van der Waals surface area contributed by atoms with Crippen molar-refractivity contribution in [1.82, 2.24) is 4.90 Å². The first-order valence-electron chi connectivity index (χ1n) is 9.21. The van der Waals surface area contributed by atoms with E-state index in [2.05, 4.69) is 0 Å². The van der Waals surface area contributed by atoms with Crippen LogP contribution >= 0.6 is 0 Å². The molecule has 3 N–H and O–H groups in total. The zero-order valence-electron chi connectivity index (χ0n) is 16.8. The Balaban J connectivity index is 3.21. The number of carbonyl (C=O) groups excluding carboxylic acids is 1. The van der Waals surface area contributed by atoms with Gasteiger partial charge in [0.15, 0.2) is 6.29 Å². The molecule has 5 atom stereocenters. The monoisotopic (exact) mass is 419 g/mol. The van der Waals surface area contributed by atoms with Crippen LogP contribution < -0.4 is 0 Å². The Labute approximate surface area is 168 Å². The fourth-order valence-corrected chi connectivity index (χ4v) is 3.48. The molecule has 1 aliphatic heterocycles. The molecule has 0 amide bonds. The second-order valence-electron chi connectivity index (χ2n) is 7.30. The largest absolute Gasteiger partial charge is 0.481 e. The molecule has 0 aliphatic carbocycles. The van der Waals surface area contributed by atoms with Crippen molar-refractivity contribution in [3.05, 3.63) is 0 Å². The minimum atomic E-state index is -1.19. The molecule has 1 fully saturated rings. The lowest BCUT2D eigenvalue weighted by Gasteiger charge is -2.45. The van der Waals surface area contributed by atoms with Crippen molar-refractivity contribution in [1.29, 1.82) is 0 Å². The van der Waals surface area contributed by atoms with Crippen molar-refractivity contribution in [2.75, 3.05) is 33.9 Å². The summed E-state index contributed by atoms with van der Waals surface area (Å²) in [6.07, 6.45) is -3.36. The summed E-state index contributed by atoms with van der Waals surface area (Å²) in [6, 6.07) is 0. The molecule has 11 nitrogen and oxygen atoms in total. The number of ether oxygens (including phenoxy) is 3. The molecule has 0 bridgehead atoms. The van der Waals surface area contributed by atoms with Crippen molar-refractivity contribution in [3.63, 3.8) is 0 Å². The van der Waals surface area contributed by atoms with E-state index in [1.54, 1.807) is 0 Å². The minimum absolute atomic E-state index is 0.192. The van der Waals surface area contributed by atoms with Crippen LogP contribution in [0.5, 0.6) is 0 Å². The molecule has 1 rings (SSSR count). The molecule has 1 heterocycles. The van der Waals surface area contributed by atoms with E-state index in [4.69, 9.17) is 14.2 Å². The van der Waals surface area contributed by atoms with E-state index in [-0.39, 0.29) is 13.2 Å². The maximum atomic E-state index is 11.4. The van der Waals surface area contributed by atoms with Crippen LogP contribution in [0.4, 0.5) is 0 Å². The first kappa shape index (κ1) is 24.8. The van der Waals surface area contributed by atoms with Gasteiger partial charge in [0.2, 0.25) is 0 Å². The van der Waals surface area contributed by atoms with Gasteiger partial charge in [-0.2, -0.15) is 0 Å². The highest BCUT2D eigenvalue weighted by Gasteiger charge is 2.48. The number of esters is 1. The molecule has 11 heteroatoms. The number of hydrogen-bond donors (Lipinski definition) is 3. The quantitative estimate of drug-likeness (QED) is 0.369. The average molecular weight is 419 g/mol. The Hall–Kier alpha value is -2.24. The molecule has 0 unspecified atom stereocenters. The third-order valence-corrected chi connectivity index (χ3v) is 4.74. The molecule has 0 saturated carbocycles. The van der Waals surface area contributed by atoms with Gasteiger partial charge in [0.1, 0.15) is 6.61 Å². The summed E-state index contributed by atoms with van der Waals surface area (Å²) in [7, 11) is 3.64. The summed E-state index contributed by atoms with van der Waals surface area (Å²) in [5.74, 6) is -6.75. The third-order valence-electron chi connectivity index (χ3n) is 4.74. The number of hydrogen-bond acceptors (Lipinski definition) is 8. The minimum Gasteiger partial charge on any atom is -0.481 e. The van der Waals surface area contributed by atoms with Crippen molar-refractivity contribution in [3.8, 4) is 0 Å². The lowest BCUT2D eigenvalue weighted by molar-refractivity contribution is -0.266. The van der Waals surface area contributed by atoms with Crippen LogP contribution in [-0.4, -0.2) is 90.3 Å². The zero-order chi connectivity index (χ0) is 22.1. The predicted molar refractivity (Wildman–Crippen MR) is 97.0 cm³/mol. The van der Waals surface area contributed by atoms with Crippen molar-refractivity contribution >= 4 is 23.9 Å². The Kier molecular flexibility index (Phi) is 9.99. The van der Waals surface area contributed by atoms with Crippen molar-refractivity contribution < 1.29 is 48.7 Å². The summed E-state index contributed by atoms with van der Waals surface area (Å²) >= 11 is 0. The standard InChI is InChI=1S/C18H29NO10/c1-10(20)28-9-14-12(7-16(23)24)11(6-15(21)22)13(8-17(25)26)18(29-14)27-5-4-19(2)3/h11-14,18H,4-9H2,1-3H3,(H,21,22)(H,23,24)(H,25,26)/t11-,12+,13+,14-,18+/m1/s1. The summed E-state index contributed by atoms with van der Waals surface area (Å²) in [5.41, 5.74) is 0. The number of carbonyl (C=O) groups is 4. The van der Waals surface area contributed by atoms with Crippen LogP contribution in [0.1, 0.15) is 26.2 Å². The van der Waals surface area contributed by atoms with Gasteiger partial charge in [-0.05, 0) is 20.0 Å². The summed E-state index contributed by atoms with van der Waals surface area (Å²) < 4.78 is 16.5. The van der Waals surface area contributed by atoms with Crippen molar-refractivity contribution in [2.24, 2.45) is 17.8 Å². The van der Waals surface area contributed by atoms with Gasteiger partial charge in [0.05, 0.1) is 25.6 Å². The molecular weight excluding hydrogens is 390 g/mol. The number of rotatable bonds is 12. The summed E-state index contributed by atoms with van der Waals surface area (Å²) in [5, 5.41) is 27.9. The zero-order valence-corrected chi connectivity index (χ0v) is 16.8. The van der Waals surface area contributed by atoms with E-state index in [9.17, 15) is 34.5 Å². The normalized spacial score (nSPS) is 26.8. The number of carboxylic acid groups (broad SMARTS) is 3. The van der Waals surface area contributed by atoms with Crippen LogP contribution in [0, 0.1) is 17.8 Å². The number of carboxylic acids is 3. The highest BCUT2D eigenvalue weighted by molar-refractivity contribution is 5.70. The average Bonchev–Trinajstić information content (AvgIpc) is 2.56. The van der Waals surface area contributed by atoms with Gasteiger partial charge in [-0.3, -0.25) is 19.2 Å². The van der Waals surface area contributed by atoms with Gasteiger partial charge >= 0.3 is 23.9 Å². The molecule has 1 saturated heterocycles. The smallest absolute Gasteiger partial charge is 0.303 e. The highest BCUT2D eigenvalue weighted by atomic mass is 16.7. The van der Waals surface area contributed by atoms with Crippen LogP contribution in [0.2, 0.25) is 0 Å². The first-order chi connectivity index (χ1) is 13.5. The van der Waals surface area contributed by atoms with Gasteiger partial charge in [-0.1, -0.05) is 0 Å². The molecule has 166 valence electrons. The Morgan fingerprint density at radius 2 is 1.41 bits per heavy atom. The third kappa shape index (κ3) is 8.75. The Bertz CT molecular complexity index is 593. The molecule has 0 aromatic carbocycles. The van der Waals surface area contributed by atoms with Gasteiger partial charge < -0.3 is 34.4 Å². The van der Waals surface area contributed by atoms with Gasteiger partial charge in [-0.15, -0.1) is 0 Å². The van der Waals surface area contributed by atoms with E-state index in [0.717, 1.165) is 0 Å². The fourth-order valence-electron chi connectivity index (χ4n) is 3.48. The molecule has 1 aliphatic rings. The van der Waals surface area contributed by atoms with Crippen LogP contribution in [-0.2, 0) is 33.4 Å². The molecular formula is C18H29NO10. The maximum Gasteiger partial charge on any atom is 0.303 e. The molecule has 0 aromatic rings. The van der Waals surface area contributed by atoms with Gasteiger partial charge in [-0.25, -0.2) is 0 Å². The summed E-state index contributed by atoms with van der Waals surface area (Å²) in [4.78, 5) is 47.3. The molecule has 0 aromatic heterocycles. The Morgan fingerprint density at radius 3 is 1.90 bits per heavy atom. The second-order valence-corrected chi connectivity index (χ2v) is 7.30. The van der Waals surface area contributed by atoms with Crippen LogP contribution in [0.15, 0.2) is 0 Å². The molecule has 0 spiro atoms. The topological polar surface area (TPSA) is 160 Å². The molecule has 29 heavy (non-hydrogen) atoms. The van der Waals surface area contributed by atoms with Crippen LogP contribution in [0.25, 0.3) is 0 Å². The van der Waals surface area contributed by atoms with E-state index >= 15 is 0 Å². The first-order valence-corrected chi connectivity index (χ1v) is 9.21. The maximum absolute atomic E-state index is 11.4. The number of likely N-dealkylation sites (N-methyl/N-ethyl adjacent to an activating group) is 1. The van der Waals surface area contributed by atoms with E-state index in [1.807, 2.05) is 19.0 Å².